The van der Waals surface area contributed by atoms with E-state index in [1.165, 1.54) is 0 Å². The molecule has 0 amide bonds. The van der Waals surface area contributed by atoms with E-state index >= 15 is 0 Å². The summed E-state index contributed by atoms with van der Waals surface area (Å²) in [5.41, 5.74) is 0. The second kappa shape index (κ2) is 5.69. The van der Waals surface area contributed by atoms with Crippen molar-refractivity contribution in [2.24, 2.45) is 5.92 Å². The average Bonchev–Trinajstić information content (AvgIpc) is 1.79. The molecule has 0 aliphatic carbocycles. The van der Waals surface area contributed by atoms with Crippen LogP contribution in [0.25, 0.3) is 0 Å². The highest BCUT2D eigenvalue weighted by molar-refractivity contribution is 4.45. The largest absolute Gasteiger partial charge is 0.391 e. The number of aliphatic hydroxyl groups is 1. The van der Waals surface area contributed by atoms with Crippen molar-refractivity contribution < 1.29 is 9.84 Å². The van der Waals surface area contributed by atoms with E-state index in [1.54, 1.807) is 6.92 Å². The zero-order chi connectivity index (χ0) is 7.98. The summed E-state index contributed by atoms with van der Waals surface area (Å²) >= 11 is 0. The monoisotopic (exact) mass is 146 g/mol. The molecule has 0 heterocycles. The first-order valence-corrected chi connectivity index (χ1v) is 3.88. The van der Waals surface area contributed by atoms with Crippen LogP contribution < -0.4 is 0 Å². The highest BCUT2D eigenvalue weighted by Gasteiger charge is 1.96. The van der Waals surface area contributed by atoms with Crippen molar-refractivity contribution in [1.29, 1.82) is 0 Å². The summed E-state index contributed by atoms with van der Waals surface area (Å²) in [5.74, 6) is 0.689. The Bertz CT molecular complexity index is 59.7. The van der Waals surface area contributed by atoms with E-state index in [-0.39, 0.29) is 6.10 Å². The Morgan fingerprint density at radius 3 is 2.30 bits per heavy atom. The normalized spacial score (nSPS) is 14.1. The third-order valence-electron chi connectivity index (χ3n) is 1.20. The fourth-order valence-corrected chi connectivity index (χ4v) is 0.573. The summed E-state index contributed by atoms with van der Waals surface area (Å²) in [6, 6.07) is 0. The topological polar surface area (TPSA) is 29.5 Å². The summed E-state index contributed by atoms with van der Waals surface area (Å²) in [4.78, 5) is 0. The van der Waals surface area contributed by atoms with Gasteiger partial charge in [-0.05, 0) is 19.3 Å². The van der Waals surface area contributed by atoms with Gasteiger partial charge in [0.15, 0.2) is 0 Å². The minimum Gasteiger partial charge on any atom is -0.391 e. The molecule has 0 saturated heterocycles. The van der Waals surface area contributed by atoms with E-state index in [4.69, 9.17) is 9.84 Å². The fraction of sp³-hybridized carbons (Fsp3) is 1.00. The molecule has 62 valence electrons. The van der Waals surface area contributed by atoms with Crippen LogP contribution in [0.3, 0.4) is 0 Å². The van der Waals surface area contributed by atoms with Gasteiger partial charge in [0, 0.05) is 6.61 Å². The predicted octanol–water partition coefficient (Wildman–Crippen LogP) is 1.43. The maximum atomic E-state index is 8.79. The molecule has 0 spiro atoms. The molecule has 0 aliphatic heterocycles. The number of ether oxygens (including phenoxy) is 1. The maximum Gasteiger partial charge on any atom is 0.0745 e. The van der Waals surface area contributed by atoms with Crippen LogP contribution in [0.2, 0.25) is 0 Å². The van der Waals surface area contributed by atoms with Crippen molar-refractivity contribution in [2.45, 2.75) is 33.3 Å². The first-order chi connectivity index (χ1) is 4.63. The molecule has 0 aromatic heterocycles. The van der Waals surface area contributed by atoms with Crippen molar-refractivity contribution in [3.63, 3.8) is 0 Å². The minimum atomic E-state index is -0.327. The third-order valence-corrected chi connectivity index (χ3v) is 1.20. The highest BCUT2D eigenvalue weighted by Crippen LogP contribution is 1.98. The van der Waals surface area contributed by atoms with E-state index in [9.17, 15) is 0 Å². The molecule has 1 N–H and O–H groups in total. The lowest BCUT2D eigenvalue weighted by Crippen LogP contribution is -2.11. The van der Waals surface area contributed by atoms with Gasteiger partial charge in [-0.2, -0.15) is 0 Å². The van der Waals surface area contributed by atoms with E-state index < -0.39 is 0 Å². The summed E-state index contributed by atoms with van der Waals surface area (Å²) in [5, 5.41) is 8.79. The van der Waals surface area contributed by atoms with E-state index in [0.29, 0.717) is 12.5 Å². The van der Waals surface area contributed by atoms with Gasteiger partial charge in [-0.25, -0.2) is 0 Å². The third kappa shape index (κ3) is 7.92. The highest BCUT2D eigenvalue weighted by atomic mass is 16.5. The van der Waals surface area contributed by atoms with Gasteiger partial charge >= 0.3 is 0 Å². The zero-order valence-corrected chi connectivity index (χ0v) is 7.13. The van der Waals surface area contributed by atoms with Crippen molar-refractivity contribution in [3.8, 4) is 0 Å². The smallest absolute Gasteiger partial charge is 0.0745 e. The molecular formula is C8H18O2. The van der Waals surface area contributed by atoms with Crippen LogP contribution >= 0.6 is 0 Å². The number of hydrogen-bond acceptors (Lipinski definition) is 2. The molecule has 2 nitrogen and oxygen atoms in total. The van der Waals surface area contributed by atoms with Gasteiger partial charge in [0.25, 0.3) is 0 Å². The van der Waals surface area contributed by atoms with Gasteiger partial charge in [-0.1, -0.05) is 13.8 Å². The van der Waals surface area contributed by atoms with E-state index in [1.807, 2.05) is 0 Å². The Hall–Kier alpha value is -0.0800. The van der Waals surface area contributed by atoms with Crippen LogP contribution in [0.1, 0.15) is 27.2 Å². The van der Waals surface area contributed by atoms with Crippen molar-refractivity contribution in [3.05, 3.63) is 0 Å². The lowest BCUT2D eigenvalue weighted by molar-refractivity contribution is 0.0417. The Labute approximate surface area is 63.2 Å². The van der Waals surface area contributed by atoms with E-state index in [0.717, 1.165) is 13.0 Å². The molecule has 0 aromatic rings. The van der Waals surface area contributed by atoms with Gasteiger partial charge < -0.3 is 9.84 Å². The van der Waals surface area contributed by atoms with Crippen molar-refractivity contribution in [2.75, 3.05) is 13.2 Å². The molecule has 0 aliphatic rings. The fourth-order valence-electron chi connectivity index (χ4n) is 0.573. The second-order valence-corrected chi connectivity index (χ2v) is 3.11. The molecule has 0 rings (SSSR count). The van der Waals surface area contributed by atoms with Gasteiger partial charge in [0.2, 0.25) is 0 Å². The van der Waals surface area contributed by atoms with Crippen LogP contribution in [0.15, 0.2) is 0 Å². The Kier molecular flexibility index (Phi) is 5.64. The van der Waals surface area contributed by atoms with Crippen LogP contribution in [0.4, 0.5) is 0 Å². The average molecular weight is 146 g/mol. The summed E-state index contributed by atoms with van der Waals surface area (Å²) in [7, 11) is 0. The number of hydrogen-bond donors (Lipinski definition) is 1. The molecule has 0 aromatic carbocycles. The minimum absolute atomic E-state index is 0.327. The maximum absolute atomic E-state index is 8.79. The SMILES string of the molecule is CC(C)CCOCC(C)O. The van der Waals surface area contributed by atoms with Crippen molar-refractivity contribution in [1.82, 2.24) is 0 Å². The van der Waals surface area contributed by atoms with Crippen LogP contribution in [-0.4, -0.2) is 24.4 Å². The number of rotatable bonds is 5. The van der Waals surface area contributed by atoms with Gasteiger partial charge in [0.05, 0.1) is 12.7 Å². The Morgan fingerprint density at radius 2 is 1.90 bits per heavy atom. The summed E-state index contributed by atoms with van der Waals surface area (Å²) in [6.07, 6.45) is 0.749. The Balaban J connectivity index is 2.91. The molecule has 1 unspecified atom stereocenters. The van der Waals surface area contributed by atoms with Gasteiger partial charge in [0.1, 0.15) is 0 Å². The lowest BCUT2D eigenvalue weighted by Gasteiger charge is -2.07. The molecule has 0 bridgehead atoms. The van der Waals surface area contributed by atoms with Gasteiger partial charge in [-0.15, -0.1) is 0 Å². The molecular weight excluding hydrogens is 128 g/mol. The first-order valence-electron chi connectivity index (χ1n) is 3.88. The zero-order valence-electron chi connectivity index (χ0n) is 7.13. The van der Waals surface area contributed by atoms with Gasteiger partial charge in [-0.3, -0.25) is 0 Å². The lowest BCUT2D eigenvalue weighted by atomic mass is 10.1. The van der Waals surface area contributed by atoms with Crippen LogP contribution in [0.5, 0.6) is 0 Å². The molecule has 1 atom stereocenters. The van der Waals surface area contributed by atoms with Crippen LogP contribution in [-0.2, 0) is 4.74 Å². The quantitative estimate of drug-likeness (QED) is 0.594. The predicted molar refractivity (Wildman–Crippen MR) is 42.0 cm³/mol. The molecule has 0 saturated carbocycles. The van der Waals surface area contributed by atoms with Crippen LogP contribution in [0, 0.1) is 5.92 Å². The first kappa shape index (κ1) is 9.92. The van der Waals surface area contributed by atoms with E-state index in [2.05, 4.69) is 13.8 Å². The summed E-state index contributed by atoms with van der Waals surface area (Å²) < 4.78 is 5.16. The number of aliphatic hydroxyl groups excluding tert-OH is 1. The summed E-state index contributed by atoms with van der Waals surface area (Å²) in [6.45, 7) is 7.28. The molecule has 0 fully saturated rings. The van der Waals surface area contributed by atoms with Crippen molar-refractivity contribution >= 4 is 0 Å². The second-order valence-electron chi connectivity index (χ2n) is 3.11. The molecule has 2 heteroatoms. The standard InChI is InChI=1S/C8H18O2/c1-7(2)4-5-10-6-8(3)9/h7-9H,4-6H2,1-3H3. The molecule has 10 heavy (non-hydrogen) atoms. The molecule has 0 radical (unpaired) electrons. The Morgan fingerprint density at radius 1 is 1.30 bits per heavy atom.